The molecule has 2 aromatic carbocycles. The number of aliphatic hydroxyl groups is 1. The van der Waals surface area contributed by atoms with Crippen LogP contribution in [0, 0.1) is 5.41 Å². The molecule has 7 nitrogen and oxygen atoms in total. The van der Waals surface area contributed by atoms with E-state index in [4.69, 9.17) is 10.1 Å². The van der Waals surface area contributed by atoms with Crippen molar-refractivity contribution in [1.82, 2.24) is 9.97 Å². The van der Waals surface area contributed by atoms with E-state index in [2.05, 4.69) is 25.9 Å². The third kappa shape index (κ3) is 3.16. The number of fused-ring (bicyclic) bond motifs is 1. The van der Waals surface area contributed by atoms with Crippen LogP contribution in [0.2, 0.25) is 0 Å². The maximum atomic E-state index is 12.5. The molecular formula is C20H17BrN4O3. The molecule has 0 fully saturated rings. The zero-order valence-corrected chi connectivity index (χ0v) is 16.6. The first-order chi connectivity index (χ1) is 13.5. The summed E-state index contributed by atoms with van der Waals surface area (Å²) in [7, 11) is 0. The SMILES string of the molecule is CCOc1ccc(N2CC(O)=C(c3nc4ccc(Br)cc4c(=O)[nH]3)C2=N)cc1. The lowest BCUT2D eigenvalue weighted by molar-refractivity contribution is 0.340. The van der Waals surface area contributed by atoms with Crippen molar-refractivity contribution in [2.45, 2.75) is 6.92 Å². The molecule has 28 heavy (non-hydrogen) atoms. The fourth-order valence-corrected chi connectivity index (χ4v) is 3.53. The summed E-state index contributed by atoms with van der Waals surface area (Å²) < 4.78 is 6.21. The molecule has 0 aliphatic carbocycles. The van der Waals surface area contributed by atoms with Gasteiger partial charge in [0.15, 0.2) is 0 Å². The molecule has 1 aliphatic heterocycles. The summed E-state index contributed by atoms with van der Waals surface area (Å²) in [6, 6.07) is 12.5. The van der Waals surface area contributed by atoms with E-state index >= 15 is 0 Å². The third-order valence-corrected chi connectivity index (χ3v) is 4.96. The van der Waals surface area contributed by atoms with Gasteiger partial charge in [0, 0.05) is 10.2 Å². The molecule has 1 aliphatic rings. The van der Waals surface area contributed by atoms with E-state index in [0.717, 1.165) is 15.9 Å². The van der Waals surface area contributed by atoms with E-state index < -0.39 is 0 Å². The zero-order valence-electron chi connectivity index (χ0n) is 15.0. The number of nitrogens with zero attached hydrogens (tertiary/aromatic N) is 2. The number of anilines is 1. The van der Waals surface area contributed by atoms with Gasteiger partial charge in [0.2, 0.25) is 0 Å². The molecule has 0 radical (unpaired) electrons. The van der Waals surface area contributed by atoms with Crippen LogP contribution in [-0.2, 0) is 0 Å². The van der Waals surface area contributed by atoms with Crippen molar-refractivity contribution in [3.8, 4) is 5.75 Å². The second-order valence-corrected chi connectivity index (χ2v) is 7.18. The lowest BCUT2D eigenvalue weighted by Crippen LogP contribution is -2.26. The Morgan fingerprint density at radius 3 is 2.75 bits per heavy atom. The minimum absolute atomic E-state index is 0.0153. The first-order valence-electron chi connectivity index (χ1n) is 8.69. The molecule has 0 saturated carbocycles. The summed E-state index contributed by atoms with van der Waals surface area (Å²) in [5.41, 5.74) is 1.13. The Labute approximate surface area is 168 Å². The van der Waals surface area contributed by atoms with Crippen LogP contribution in [0.4, 0.5) is 5.69 Å². The van der Waals surface area contributed by atoms with E-state index in [1.807, 2.05) is 31.2 Å². The van der Waals surface area contributed by atoms with Gasteiger partial charge in [-0.05, 0) is 49.4 Å². The van der Waals surface area contributed by atoms with Crippen LogP contribution in [0.25, 0.3) is 16.5 Å². The number of aromatic amines is 1. The Morgan fingerprint density at radius 2 is 2.04 bits per heavy atom. The Morgan fingerprint density at radius 1 is 1.29 bits per heavy atom. The molecule has 0 amide bonds. The Kier molecular flexibility index (Phi) is 4.64. The van der Waals surface area contributed by atoms with Gasteiger partial charge >= 0.3 is 0 Å². The van der Waals surface area contributed by atoms with Gasteiger partial charge in [-0.1, -0.05) is 15.9 Å². The highest BCUT2D eigenvalue weighted by molar-refractivity contribution is 9.10. The molecule has 142 valence electrons. The van der Waals surface area contributed by atoms with Gasteiger partial charge in [0.05, 0.1) is 29.6 Å². The number of amidine groups is 1. The maximum absolute atomic E-state index is 12.5. The van der Waals surface area contributed by atoms with Gasteiger partial charge in [-0.25, -0.2) is 4.98 Å². The maximum Gasteiger partial charge on any atom is 0.259 e. The van der Waals surface area contributed by atoms with Crippen LogP contribution < -0.4 is 15.2 Å². The van der Waals surface area contributed by atoms with Crippen molar-refractivity contribution in [2.24, 2.45) is 0 Å². The number of H-pyrrole nitrogens is 1. The quantitative estimate of drug-likeness (QED) is 0.571. The molecule has 0 spiro atoms. The topological polar surface area (TPSA) is 102 Å². The van der Waals surface area contributed by atoms with Crippen molar-refractivity contribution in [1.29, 1.82) is 5.41 Å². The predicted molar refractivity (Wildman–Crippen MR) is 112 cm³/mol. The molecular weight excluding hydrogens is 424 g/mol. The van der Waals surface area contributed by atoms with Gasteiger partial charge < -0.3 is 19.7 Å². The highest BCUT2D eigenvalue weighted by Gasteiger charge is 2.31. The normalized spacial score (nSPS) is 14.2. The monoisotopic (exact) mass is 440 g/mol. The second-order valence-electron chi connectivity index (χ2n) is 6.26. The number of ether oxygens (including phenoxy) is 1. The standard InChI is InChI=1S/C20H17BrN4O3/c1-2-28-13-6-4-12(5-7-13)25-10-16(26)17(18(25)22)19-23-15-8-3-11(21)9-14(15)20(27)24-19/h3-9,22,26H,2,10H2,1H3,(H,23,24,27). The van der Waals surface area contributed by atoms with Crippen LogP contribution in [0.15, 0.2) is 57.5 Å². The molecule has 4 rings (SSSR count). The first-order valence-corrected chi connectivity index (χ1v) is 9.48. The van der Waals surface area contributed by atoms with E-state index in [1.165, 1.54) is 0 Å². The van der Waals surface area contributed by atoms with E-state index in [0.29, 0.717) is 17.5 Å². The lowest BCUT2D eigenvalue weighted by Gasteiger charge is -2.19. The molecule has 2 heterocycles. The largest absolute Gasteiger partial charge is 0.509 e. The van der Waals surface area contributed by atoms with Crippen LogP contribution in [0.5, 0.6) is 5.75 Å². The summed E-state index contributed by atoms with van der Waals surface area (Å²) in [5, 5.41) is 19.5. The summed E-state index contributed by atoms with van der Waals surface area (Å²) in [6.07, 6.45) is 0. The number of hydrogen-bond donors (Lipinski definition) is 3. The average molecular weight is 441 g/mol. The Balaban J connectivity index is 1.70. The molecule has 3 N–H and O–H groups in total. The van der Waals surface area contributed by atoms with E-state index in [9.17, 15) is 9.90 Å². The van der Waals surface area contributed by atoms with Crippen molar-refractivity contribution in [3.05, 3.63) is 68.9 Å². The molecule has 0 atom stereocenters. The number of aromatic nitrogens is 2. The van der Waals surface area contributed by atoms with Crippen molar-refractivity contribution >= 4 is 43.9 Å². The minimum atomic E-state index is -0.325. The zero-order chi connectivity index (χ0) is 19.8. The fourth-order valence-electron chi connectivity index (χ4n) is 3.17. The number of hydrogen-bond acceptors (Lipinski definition) is 5. The van der Waals surface area contributed by atoms with E-state index in [-0.39, 0.29) is 35.1 Å². The fraction of sp³-hybridized carbons (Fsp3) is 0.150. The number of rotatable bonds is 4. The van der Waals surface area contributed by atoms with Crippen molar-refractivity contribution in [3.63, 3.8) is 0 Å². The lowest BCUT2D eigenvalue weighted by atomic mass is 10.2. The Hall–Kier alpha value is -3.13. The molecule has 1 aromatic heterocycles. The molecule has 8 heteroatoms. The first kappa shape index (κ1) is 18.2. The van der Waals surface area contributed by atoms with Gasteiger partial charge in [-0.3, -0.25) is 10.2 Å². The van der Waals surface area contributed by atoms with Crippen LogP contribution >= 0.6 is 15.9 Å². The second kappa shape index (κ2) is 7.12. The predicted octanol–water partition coefficient (Wildman–Crippen LogP) is 3.85. The van der Waals surface area contributed by atoms with Gasteiger partial charge in [0.1, 0.15) is 23.2 Å². The number of aliphatic hydroxyl groups excluding tert-OH is 1. The summed E-state index contributed by atoms with van der Waals surface area (Å²) in [5.74, 6) is 0.969. The number of halogens is 1. The number of nitrogens with one attached hydrogen (secondary N) is 2. The van der Waals surface area contributed by atoms with Crippen molar-refractivity contribution in [2.75, 3.05) is 18.1 Å². The highest BCUT2D eigenvalue weighted by atomic mass is 79.9. The summed E-state index contributed by atoms with van der Waals surface area (Å²) in [4.78, 5) is 21.2. The minimum Gasteiger partial charge on any atom is -0.509 e. The third-order valence-electron chi connectivity index (χ3n) is 4.47. The molecule has 0 saturated heterocycles. The molecule has 3 aromatic rings. The van der Waals surface area contributed by atoms with Crippen molar-refractivity contribution < 1.29 is 9.84 Å². The summed E-state index contributed by atoms with van der Waals surface area (Å²) >= 11 is 3.34. The smallest absolute Gasteiger partial charge is 0.259 e. The van der Waals surface area contributed by atoms with Crippen LogP contribution in [0.3, 0.4) is 0 Å². The molecule has 0 unspecified atom stereocenters. The average Bonchev–Trinajstić information content (AvgIpc) is 2.97. The Bertz CT molecular complexity index is 1170. The van der Waals surface area contributed by atoms with Gasteiger partial charge in [-0.2, -0.15) is 0 Å². The number of benzene rings is 2. The van der Waals surface area contributed by atoms with Gasteiger partial charge in [0.25, 0.3) is 5.56 Å². The van der Waals surface area contributed by atoms with E-state index in [1.54, 1.807) is 23.1 Å². The highest BCUT2D eigenvalue weighted by Crippen LogP contribution is 2.30. The molecule has 0 bridgehead atoms. The van der Waals surface area contributed by atoms with Gasteiger partial charge in [-0.15, -0.1) is 0 Å². The van der Waals surface area contributed by atoms with Crippen LogP contribution in [0.1, 0.15) is 12.7 Å². The van der Waals surface area contributed by atoms with Crippen LogP contribution in [-0.4, -0.2) is 34.1 Å². The summed E-state index contributed by atoms with van der Waals surface area (Å²) in [6.45, 7) is 2.61.